The highest BCUT2D eigenvalue weighted by Crippen LogP contribution is 2.34. The van der Waals surface area contributed by atoms with Crippen molar-refractivity contribution in [2.45, 2.75) is 0 Å². The molecule has 60 heavy (non-hydrogen) atoms. The molecule has 5 heteroatoms. The van der Waals surface area contributed by atoms with Gasteiger partial charge >= 0.3 is 0 Å². The van der Waals surface area contributed by atoms with Crippen molar-refractivity contribution in [1.29, 1.82) is 0 Å². The van der Waals surface area contributed by atoms with E-state index in [1.807, 2.05) is 48.7 Å². The Balaban J connectivity index is 0.859. The number of benzene rings is 7. The van der Waals surface area contributed by atoms with Gasteiger partial charge in [-0.1, -0.05) is 133 Å². The highest BCUT2D eigenvalue weighted by atomic mass is 14.8. The molecule has 0 saturated heterocycles. The van der Waals surface area contributed by atoms with Gasteiger partial charge in [0.1, 0.15) is 0 Å². The summed E-state index contributed by atoms with van der Waals surface area (Å²) >= 11 is 0. The summed E-state index contributed by atoms with van der Waals surface area (Å²) in [5.41, 5.74) is 14.9. The Labute approximate surface area is 345 Å². The lowest BCUT2D eigenvalue weighted by atomic mass is 9.98. The number of hydrogen-bond acceptors (Lipinski definition) is 5. The number of hydrogen-bond donors (Lipinski definition) is 0. The molecule has 5 nitrogen and oxygen atoms in total. The van der Waals surface area contributed by atoms with Crippen molar-refractivity contribution >= 4 is 65.3 Å². The van der Waals surface area contributed by atoms with Gasteiger partial charge in [-0.15, -0.1) is 0 Å². The van der Waals surface area contributed by atoms with Crippen LogP contribution in [0.2, 0.25) is 0 Å². The number of para-hydroxylation sites is 1. The Hall–Kier alpha value is -8.15. The first-order chi connectivity index (χ1) is 29.7. The van der Waals surface area contributed by atoms with Crippen LogP contribution in [-0.2, 0) is 0 Å². The second kappa shape index (κ2) is 13.8. The summed E-state index contributed by atoms with van der Waals surface area (Å²) in [6, 6.07) is 68.0. The molecule has 0 fully saturated rings. The highest BCUT2D eigenvalue weighted by molar-refractivity contribution is 6.04. The van der Waals surface area contributed by atoms with Crippen molar-refractivity contribution in [3.8, 4) is 56.2 Å². The molecule has 0 unspecified atom stereocenters. The van der Waals surface area contributed by atoms with Gasteiger partial charge in [-0.25, -0.2) is 19.9 Å². The molecular weight excluding hydrogens is 731 g/mol. The molecule has 0 bridgehead atoms. The summed E-state index contributed by atoms with van der Waals surface area (Å²) in [4.78, 5) is 25.1. The van der Waals surface area contributed by atoms with Crippen molar-refractivity contribution in [1.82, 2.24) is 24.9 Å². The number of nitrogens with zero attached hydrogens (tertiary/aromatic N) is 5. The summed E-state index contributed by atoms with van der Waals surface area (Å²) in [5, 5.41) is 7.76. The first kappa shape index (κ1) is 33.9. The Kier molecular flexibility index (Phi) is 7.78. The zero-order valence-electron chi connectivity index (χ0n) is 32.3. The van der Waals surface area contributed by atoms with Crippen molar-refractivity contribution in [3.05, 3.63) is 200 Å². The van der Waals surface area contributed by atoms with Gasteiger partial charge in [0, 0.05) is 55.4 Å². The van der Waals surface area contributed by atoms with Crippen LogP contribution < -0.4 is 0 Å². The second-order valence-electron chi connectivity index (χ2n) is 15.3. The third-order valence-corrected chi connectivity index (χ3v) is 11.7. The van der Waals surface area contributed by atoms with E-state index in [1.54, 1.807) is 0 Å². The van der Waals surface area contributed by atoms with Crippen LogP contribution in [0.5, 0.6) is 0 Å². The molecule has 0 spiro atoms. The Morgan fingerprint density at radius 3 is 1.45 bits per heavy atom. The van der Waals surface area contributed by atoms with Gasteiger partial charge in [-0.05, 0) is 82.6 Å². The standard InChI is InChI=1S/C55H33N5/c1-2-6-34(7-3-1)47-25-22-37-12-13-38-23-26-49(60-55(38)54(37)59-47)43-19-17-39-30-40(15-16-41(39)31-43)42-14-10-35-20-24-48(57-52(35)32-42)44-18-11-36-21-27-51(58-53(36)33-44)46-28-29-56-50-9-5-4-8-45(46)50/h1-33H. The summed E-state index contributed by atoms with van der Waals surface area (Å²) < 4.78 is 0. The van der Waals surface area contributed by atoms with Gasteiger partial charge in [0.15, 0.2) is 0 Å². The van der Waals surface area contributed by atoms with Crippen molar-refractivity contribution in [2.24, 2.45) is 0 Å². The molecule has 0 N–H and O–H groups in total. The Morgan fingerprint density at radius 2 is 0.733 bits per heavy atom. The summed E-state index contributed by atoms with van der Waals surface area (Å²) in [7, 11) is 0. The molecule has 0 radical (unpaired) electrons. The maximum absolute atomic E-state index is 5.20. The van der Waals surface area contributed by atoms with Gasteiger partial charge in [0.2, 0.25) is 0 Å². The van der Waals surface area contributed by atoms with E-state index in [2.05, 4.69) is 157 Å². The molecule has 0 aliphatic carbocycles. The Bertz CT molecular complexity index is 3670. The van der Waals surface area contributed by atoms with Crippen LogP contribution >= 0.6 is 0 Å². The number of aromatic nitrogens is 5. The van der Waals surface area contributed by atoms with Gasteiger partial charge in [-0.3, -0.25) is 4.98 Å². The highest BCUT2D eigenvalue weighted by Gasteiger charge is 2.12. The molecule has 12 aromatic rings. The third-order valence-electron chi connectivity index (χ3n) is 11.7. The minimum atomic E-state index is 0.910. The first-order valence-electron chi connectivity index (χ1n) is 20.1. The fourth-order valence-corrected chi connectivity index (χ4v) is 8.49. The van der Waals surface area contributed by atoms with E-state index in [4.69, 9.17) is 19.9 Å². The molecule has 0 aliphatic heterocycles. The van der Waals surface area contributed by atoms with Gasteiger partial charge < -0.3 is 0 Å². The minimum Gasteiger partial charge on any atom is -0.256 e. The molecule has 5 aromatic heterocycles. The van der Waals surface area contributed by atoms with E-state index in [9.17, 15) is 0 Å². The van der Waals surface area contributed by atoms with Crippen LogP contribution in [0, 0.1) is 0 Å². The van der Waals surface area contributed by atoms with E-state index in [0.29, 0.717) is 0 Å². The summed E-state index contributed by atoms with van der Waals surface area (Å²) in [6.07, 6.45) is 1.85. The van der Waals surface area contributed by atoms with E-state index in [1.165, 1.54) is 5.39 Å². The molecule has 0 saturated carbocycles. The van der Waals surface area contributed by atoms with E-state index in [0.717, 1.165) is 116 Å². The van der Waals surface area contributed by atoms with Gasteiger partial charge in [0.05, 0.1) is 50.4 Å². The van der Waals surface area contributed by atoms with Gasteiger partial charge in [0.25, 0.3) is 0 Å². The molecule has 0 atom stereocenters. The first-order valence-corrected chi connectivity index (χ1v) is 20.1. The lowest BCUT2D eigenvalue weighted by molar-refractivity contribution is 1.36. The van der Waals surface area contributed by atoms with E-state index in [-0.39, 0.29) is 0 Å². The van der Waals surface area contributed by atoms with Crippen LogP contribution in [0.4, 0.5) is 0 Å². The van der Waals surface area contributed by atoms with Gasteiger partial charge in [-0.2, -0.15) is 0 Å². The largest absolute Gasteiger partial charge is 0.256 e. The molecule has 0 amide bonds. The molecule has 0 aliphatic rings. The number of pyridine rings is 5. The average Bonchev–Trinajstić information content (AvgIpc) is 3.32. The van der Waals surface area contributed by atoms with E-state index < -0.39 is 0 Å². The van der Waals surface area contributed by atoms with Crippen LogP contribution in [0.1, 0.15) is 0 Å². The van der Waals surface area contributed by atoms with Crippen LogP contribution in [-0.4, -0.2) is 24.9 Å². The summed E-state index contributed by atoms with van der Waals surface area (Å²) in [5.74, 6) is 0. The minimum absolute atomic E-state index is 0.910. The zero-order valence-corrected chi connectivity index (χ0v) is 32.3. The number of rotatable bonds is 5. The smallest absolute Gasteiger partial charge is 0.0972 e. The van der Waals surface area contributed by atoms with Crippen LogP contribution in [0.15, 0.2) is 200 Å². The SMILES string of the molecule is c1ccc(-c2ccc3ccc4ccc(-c5ccc6cc(-c7ccc8ccc(-c9ccc%10ccc(-c%11ccnc%12ccccc%11%12)nc%10c9)nc8c7)ccc6c5)nc4c3n2)cc1. The lowest BCUT2D eigenvalue weighted by Gasteiger charge is -2.10. The average molecular weight is 764 g/mol. The lowest BCUT2D eigenvalue weighted by Crippen LogP contribution is -1.91. The second-order valence-corrected chi connectivity index (χ2v) is 15.3. The third kappa shape index (κ3) is 5.91. The predicted octanol–water partition coefficient (Wildman–Crippen LogP) is 13.9. The molecular formula is C55H33N5. The molecule has 5 heterocycles. The van der Waals surface area contributed by atoms with Crippen molar-refractivity contribution < 1.29 is 0 Å². The fourth-order valence-electron chi connectivity index (χ4n) is 8.49. The Morgan fingerprint density at radius 1 is 0.267 bits per heavy atom. The quantitative estimate of drug-likeness (QED) is 0.163. The van der Waals surface area contributed by atoms with E-state index >= 15 is 0 Å². The maximum Gasteiger partial charge on any atom is 0.0972 e. The molecule has 7 aromatic carbocycles. The fraction of sp³-hybridized carbons (Fsp3) is 0. The van der Waals surface area contributed by atoms with Crippen LogP contribution in [0.3, 0.4) is 0 Å². The molecule has 278 valence electrons. The normalized spacial score (nSPS) is 11.7. The predicted molar refractivity (Wildman–Crippen MR) is 248 cm³/mol. The monoisotopic (exact) mass is 763 g/mol. The molecule has 12 rings (SSSR count). The maximum atomic E-state index is 5.20. The zero-order chi connectivity index (χ0) is 39.6. The van der Waals surface area contributed by atoms with Crippen molar-refractivity contribution in [2.75, 3.05) is 0 Å². The van der Waals surface area contributed by atoms with Crippen molar-refractivity contribution in [3.63, 3.8) is 0 Å². The summed E-state index contributed by atoms with van der Waals surface area (Å²) in [6.45, 7) is 0. The number of fused-ring (bicyclic) bond motifs is 7. The van der Waals surface area contributed by atoms with Crippen LogP contribution in [0.25, 0.3) is 121 Å². The topological polar surface area (TPSA) is 64.5 Å².